The van der Waals surface area contributed by atoms with Crippen molar-refractivity contribution >= 4 is 21.8 Å². The van der Waals surface area contributed by atoms with Crippen LogP contribution in [0.3, 0.4) is 0 Å². The van der Waals surface area contributed by atoms with Gasteiger partial charge in [-0.05, 0) is 37.7 Å². The number of nitrogens with one attached hydrogen (secondary N) is 1. The summed E-state index contributed by atoms with van der Waals surface area (Å²) >= 11 is 3.54. The van der Waals surface area contributed by atoms with Gasteiger partial charge in [0.2, 0.25) is 5.91 Å². The maximum Gasteiger partial charge on any atom is 0.231 e. The van der Waals surface area contributed by atoms with Crippen LogP contribution in [-0.2, 0) is 10.2 Å². The van der Waals surface area contributed by atoms with E-state index in [-0.39, 0.29) is 16.9 Å². The number of benzene rings is 1. The van der Waals surface area contributed by atoms with Crippen LogP contribution in [0.5, 0.6) is 0 Å². The van der Waals surface area contributed by atoms with Gasteiger partial charge in [0.15, 0.2) is 0 Å². The third kappa shape index (κ3) is 1.89. The van der Waals surface area contributed by atoms with Gasteiger partial charge in [-0.25, -0.2) is 0 Å². The fourth-order valence-corrected chi connectivity index (χ4v) is 3.49. The Hall–Kier alpha value is -0.830. The molecule has 0 radical (unpaired) electrons. The first kappa shape index (κ1) is 12.2. The molecular formula is C15H18BrNO. The summed E-state index contributed by atoms with van der Waals surface area (Å²) in [5.41, 5.74) is 0.972. The molecule has 0 spiro atoms. The fourth-order valence-electron chi connectivity index (χ4n) is 2.79. The summed E-state index contributed by atoms with van der Waals surface area (Å²) < 4.78 is 0. The van der Waals surface area contributed by atoms with Crippen LogP contribution in [0.4, 0.5) is 0 Å². The first-order chi connectivity index (χ1) is 8.71. The van der Waals surface area contributed by atoms with Crippen LogP contribution in [0.15, 0.2) is 30.3 Å². The summed E-state index contributed by atoms with van der Waals surface area (Å²) in [6.45, 7) is 0. The minimum Gasteiger partial charge on any atom is -0.349 e. The highest BCUT2D eigenvalue weighted by atomic mass is 79.9. The van der Waals surface area contributed by atoms with E-state index in [1.807, 2.05) is 18.2 Å². The summed E-state index contributed by atoms with van der Waals surface area (Å²) in [4.78, 5) is 12.6. The van der Waals surface area contributed by atoms with Crippen molar-refractivity contribution in [3.05, 3.63) is 35.9 Å². The van der Waals surface area contributed by atoms with Gasteiger partial charge < -0.3 is 5.32 Å². The van der Waals surface area contributed by atoms with E-state index >= 15 is 0 Å². The van der Waals surface area contributed by atoms with Crippen LogP contribution in [0.25, 0.3) is 0 Å². The van der Waals surface area contributed by atoms with E-state index in [0.29, 0.717) is 0 Å². The van der Waals surface area contributed by atoms with Gasteiger partial charge in [-0.3, -0.25) is 4.79 Å². The normalized spacial score (nSPS) is 22.9. The molecule has 0 saturated heterocycles. The number of carbonyl (C=O) groups is 1. The van der Waals surface area contributed by atoms with Crippen molar-refractivity contribution in [1.82, 2.24) is 5.32 Å². The van der Waals surface area contributed by atoms with Crippen molar-refractivity contribution in [2.24, 2.45) is 0 Å². The molecule has 0 heterocycles. The summed E-state index contributed by atoms with van der Waals surface area (Å²) in [5.74, 6) is 0.229. The van der Waals surface area contributed by atoms with Gasteiger partial charge >= 0.3 is 0 Å². The molecule has 3 rings (SSSR count). The molecule has 1 aromatic carbocycles. The van der Waals surface area contributed by atoms with Gasteiger partial charge in [0, 0.05) is 10.9 Å². The van der Waals surface area contributed by atoms with Gasteiger partial charge in [0.05, 0.1) is 5.41 Å². The molecule has 0 bridgehead atoms. The number of amides is 1. The lowest BCUT2D eigenvalue weighted by Gasteiger charge is -2.42. The lowest BCUT2D eigenvalue weighted by Crippen LogP contribution is -2.57. The predicted octanol–water partition coefficient (Wildman–Crippen LogP) is 3.15. The van der Waals surface area contributed by atoms with Crippen LogP contribution < -0.4 is 5.32 Å². The Bertz CT molecular complexity index is 443. The molecule has 1 aromatic rings. The average molecular weight is 308 g/mol. The Morgan fingerprint density at radius 1 is 1.17 bits per heavy atom. The summed E-state index contributed by atoms with van der Waals surface area (Å²) in [7, 11) is 0. The molecule has 2 fully saturated rings. The molecule has 2 saturated carbocycles. The predicted molar refractivity (Wildman–Crippen MR) is 75.9 cm³/mol. The van der Waals surface area contributed by atoms with Crippen molar-refractivity contribution in [2.45, 2.75) is 43.1 Å². The smallest absolute Gasteiger partial charge is 0.231 e. The molecule has 1 amide bonds. The lowest BCUT2D eigenvalue weighted by molar-refractivity contribution is -0.126. The number of carbonyl (C=O) groups excluding carboxylic acids is 1. The maximum absolute atomic E-state index is 12.6. The Balaban J connectivity index is 1.77. The van der Waals surface area contributed by atoms with Crippen LogP contribution in [0.2, 0.25) is 0 Å². The third-order valence-corrected chi connectivity index (χ3v) is 5.53. The van der Waals surface area contributed by atoms with Gasteiger partial charge in [-0.1, -0.05) is 46.3 Å². The summed E-state index contributed by atoms with van der Waals surface area (Å²) in [6, 6.07) is 10.2. The van der Waals surface area contributed by atoms with Crippen LogP contribution in [0, 0.1) is 0 Å². The standard InChI is InChI=1S/C15H18BrNO/c16-11-14(7-4-8-14)17-13(18)15(9-10-15)12-5-2-1-3-6-12/h1-3,5-6H,4,7-11H2,(H,17,18). The SMILES string of the molecule is O=C(NC1(CBr)CCC1)C1(c2ccccc2)CC1. The van der Waals surface area contributed by atoms with Crippen molar-refractivity contribution < 1.29 is 4.79 Å². The van der Waals surface area contributed by atoms with Crippen molar-refractivity contribution in [3.8, 4) is 0 Å². The zero-order chi connectivity index (χ0) is 12.6. The van der Waals surface area contributed by atoms with E-state index in [0.717, 1.165) is 31.0 Å². The van der Waals surface area contributed by atoms with E-state index in [1.54, 1.807) is 0 Å². The average Bonchev–Trinajstić information content (AvgIpc) is 3.16. The Morgan fingerprint density at radius 2 is 1.83 bits per heavy atom. The highest BCUT2D eigenvalue weighted by molar-refractivity contribution is 9.09. The van der Waals surface area contributed by atoms with Gasteiger partial charge in [-0.15, -0.1) is 0 Å². The maximum atomic E-state index is 12.6. The monoisotopic (exact) mass is 307 g/mol. The molecule has 2 aliphatic rings. The molecule has 0 aromatic heterocycles. The minimum atomic E-state index is -0.230. The van der Waals surface area contributed by atoms with Crippen LogP contribution in [0.1, 0.15) is 37.7 Å². The lowest BCUT2D eigenvalue weighted by atomic mass is 9.77. The van der Waals surface area contributed by atoms with Gasteiger partial charge in [0.25, 0.3) is 0 Å². The number of rotatable bonds is 4. The molecule has 2 nitrogen and oxygen atoms in total. The Kier molecular flexibility index (Phi) is 2.97. The van der Waals surface area contributed by atoms with E-state index in [2.05, 4.69) is 33.4 Å². The second kappa shape index (κ2) is 4.37. The molecule has 0 unspecified atom stereocenters. The second-order valence-electron chi connectivity index (χ2n) is 5.67. The number of halogens is 1. The van der Waals surface area contributed by atoms with Gasteiger partial charge in [-0.2, -0.15) is 0 Å². The highest BCUT2D eigenvalue weighted by Gasteiger charge is 2.53. The van der Waals surface area contributed by atoms with Crippen LogP contribution >= 0.6 is 15.9 Å². The topological polar surface area (TPSA) is 29.1 Å². The molecule has 3 heteroatoms. The number of hydrogen-bond acceptors (Lipinski definition) is 1. The molecule has 18 heavy (non-hydrogen) atoms. The largest absolute Gasteiger partial charge is 0.349 e. The van der Waals surface area contributed by atoms with Gasteiger partial charge in [0.1, 0.15) is 0 Å². The molecule has 2 aliphatic carbocycles. The highest BCUT2D eigenvalue weighted by Crippen LogP contribution is 2.49. The Labute approximate surface area is 116 Å². The molecular weight excluding hydrogens is 290 g/mol. The first-order valence-electron chi connectivity index (χ1n) is 6.65. The zero-order valence-electron chi connectivity index (χ0n) is 10.4. The second-order valence-corrected chi connectivity index (χ2v) is 6.23. The molecule has 0 atom stereocenters. The van der Waals surface area contributed by atoms with E-state index < -0.39 is 0 Å². The number of hydrogen-bond donors (Lipinski definition) is 1. The van der Waals surface area contributed by atoms with Crippen molar-refractivity contribution in [2.75, 3.05) is 5.33 Å². The van der Waals surface area contributed by atoms with E-state index in [1.165, 1.54) is 12.0 Å². The third-order valence-electron chi connectivity index (χ3n) is 4.46. The van der Waals surface area contributed by atoms with Crippen molar-refractivity contribution in [3.63, 3.8) is 0 Å². The molecule has 96 valence electrons. The Morgan fingerprint density at radius 3 is 2.28 bits per heavy atom. The zero-order valence-corrected chi connectivity index (χ0v) is 12.0. The van der Waals surface area contributed by atoms with E-state index in [9.17, 15) is 4.79 Å². The quantitative estimate of drug-likeness (QED) is 0.851. The minimum absolute atomic E-state index is 0.0292. The summed E-state index contributed by atoms with van der Waals surface area (Å²) in [5, 5.41) is 4.17. The summed E-state index contributed by atoms with van der Waals surface area (Å²) in [6.07, 6.45) is 5.41. The molecule has 0 aliphatic heterocycles. The fraction of sp³-hybridized carbons (Fsp3) is 0.533. The molecule has 1 N–H and O–H groups in total. The van der Waals surface area contributed by atoms with Crippen molar-refractivity contribution in [1.29, 1.82) is 0 Å². The van der Waals surface area contributed by atoms with E-state index in [4.69, 9.17) is 0 Å². The first-order valence-corrected chi connectivity index (χ1v) is 7.77. The number of alkyl halides is 1. The van der Waals surface area contributed by atoms with Crippen LogP contribution in [-0.4, -0.2) is 16.8 Å².